The van der Waals surface area contributed by atoms with Gasteiger partial charge in [-0.2, -0.15) is 4.98 Å². The van der Waals surface area contributed by atoms with Crippen LogP contribution < -0.4 is 15.5 Å². The van der Waals surface area contributed by atoms with E-state index in [0.29, 0.717) is 36.0 Å². The van der Waals surface area contributed by atoms with Crippen LogP contribution in [0.15, 0.2) is 53.1 Å². The maximum absolute atomic E-state index is 12.5. The molecule has 2 aromatic carbocycles. The highest BCUT2D eigenvalue weighted by molar-refractivity contribution is 6.30. The molecule has 0 saturated carbocycles. The van der Waals surface area contributed by atoms with Gasteiger partial charge in [0.2, 0.25) is 23.5 Å². The van der Waals surface area contributed by atoms with Gasteiger partial charge in [-0.1, -0.05) is 22.8 Å². The van der Waals surface area contributed by atoms with Crippen LogP contribution in [0.1, 0.15) is 44.9 Å². The summed E-state index contributed by atoms with van der Waals surface area (Å²) in [4.78, 5) is 31.5. The quantitative estimate of drug-likeness (QED) is 0.417. The first-order chi connectivity index (χ1) is 17.0. The molecule has 1 saturated heterocycles. The largest absolute Gasteiger partial charge is 0.371 e. The van der Waals surface area contributed by atoms with E-state index < -0.39 is 0 Å². The molecule has 0 radical (unpaired) electrons. The normalized spacial score (nSPS) is 14.1. The predicted molar refractivity (Wildman–Crippen MR) is 136 cm³/mol. The molecule has 2 amide bonds. The summed E-state index contributed by atoms with van der Waals surface area (Å²) in [6.45, 7) is 3.93. The summed E-state index contributed by atoms with van der Waals surface area (Å²) in [5.74, 6) is 0.730. The van der Waals surface area contributed by atoms with Crippen LogP contribution in [-0.2, 0) is 16.0 Å². The molecule has 1 fully saturated rings. The lowest BCUT2D eigenvalue weighted by atomic mass is 10.2. The predicted octanol–water partition coefficient (Wildman–Crippen LogP) is 4.85. The molecule has 0 aliphatic carbocycles. The van der Waals surface area contributed by atoms with Crippen molar-refractivity contribution in [2.75, 3.05) is 23.3 Å². The third kappa shape index (κ3) is 7.29. The van der Waals surface area contributed by atoms with Crippen LogP contribution in [0, 0.1) is 0 Å². The van der Waals surface area contributed by atoms with Gasteiger partial charge >= 0.3 is 0 Å². The zero-order chi connectivity index (χ0) is 24.6. The summed E-state index contributed by atoms with van der Waals surface area (Å²) >= 11 is 5.90. The van der Waals surface area contributed by atoms with E-state index in [1.165, 1.54) is 12.8 Å². The first-order valence-electron chi connectivity index (χ1n) is 12.0. The first-order valence-corrected chi connectivity index (χ1v) is 12.4. The Morgan fingerprint density at radius 3 is 2.66 bits per heavy atom. The summed E-state index contributed by atoms with van der Waals surface area (Å²) in [5.41, 5.74) is 2.72. The number of benzene rings is 2. The highest BCUT2D eigenvalue weighted by Gasteiger charge is 2.15. The zero-order valence-electron chi connectivity index (χ0n) is 19.8. The van der Waals surface area contributed by atoms with E-state index in [2.05, 4.69) is 31.7 Å². The number of aryl methyl sites for hydroxylation is 1. The lowest BCUT2D eigenvalue weighted by Crippen LogP contribution is -2.35. The average molecular weight is 496 g/mol. The molecular formula is C26H30ClN5O3. The van der Waals surface area contributed by atoms with Crippen molar-refractivity contribution >= 4 is 34.8 Å². The number of nitrogens with one attached hydrogen (secondary N) is 2. The van der Waals surface area contributed by atoms with E-state index in [0.717, 1.165) is 30.0 Å². The van der Waals surface area contributed by atoms with Gasteiger partial charge in [0.25, 0.3) is 0 Å². The summed E-state index contributed by atoms with van der Waals surface area (Å²) < 4.78 is 5.28. The molecule has 2 N–H and O–H groups in total. The summed E-state index contributed by atoms with van der Waals surface area (Å²) in [6, 6.07) is 14.8. The summed E-state index contributed by atoms with van der Waals surface area (Å²) in [6.07, 6.45) is 3.98. The number of carbonyl (C=O) groups is 2. The van der Waals surface area contributed by atoms with Crippen molar-refractivity contribution in [2.24, 2.45) is 0 Å². The monoisotopic (exact) mass is 495 g/mol. The van der Waals surface area contributed by atoms with Gasteiger partial charge in [0.05, 0.1) is 0 Å². The van der Waals surface area contributed by atoms with E-state index in [1.807, 2.05) is 37.3 Å². The lowest BCUT2D eigenvalue weighted by molar-refractivity contribution is -0.122. The van der Waals surface area contributed by atoms with Crippen molar-refractivity contribution in [2.45, 2.75) is 51.5 Å². The molecule has 0 bridgehead atoms. The fourth-order valence-electron chi connectivity index (χ4n) is 4.12. The molecule has 35 heavy (non-hydrogen) atoms. The number of hydrogen-bond acceptors (Lipinski definition) is 6. The number of aromatic nitrogens is 2. The van der Waals surface area contributed by atoms with Crippen molar-refractivity contribution in [3.05, 3.63) is 59.4 Å². The van der Waals surface area contributed by atoms with Crippen LogP contribution in [0.3, 0.4) is 0 Å². The summed E-state index contributed by atoms with van der Waals surface area (Å²) in [5, 5.41) is 10.5. The topological polar surface area (TPSA) is 100 Å². The smallest absolute Gasteiger partial charge is 0.226 e. The Balaban J connectivity index is 1.17. The van der Waals surface area contributed by atoms with Gasteiger partial charge < -0.3 is 20.1 Å². The lowest BCUT2D eigenvalue weighted by Gasteiger charge is -2.19. The molecule has 1 aromatic heterocycles. The van der Waals surface area contributed by atoms with E-state index in [9.17, 15) is 9.59 Å². The van der Waals surface area contributed by atoms with Gasteiger partial charge in [-0.3, -0.25) is 9.59 Å². The van der Waals surface area contributed by atoms with Crippen LogP contribution in [-0.4, -0.2) is 41.1 Å². The second-order valence-electron chi connectivity index (χ2n) is 8.84. The standard InChI is InChI=1S/C26H30ClN5O3/c1-18(16-24(34)29-21-6-4-7-22(17-21)32-14-2-3-15-32)28-23(33)8-5-9-25-30-26(31-35-25)19-10-12-20(27)13-11-19/h4,6-7,10-13,17-18H,2-3,5,8-9,14-16H2,1H3,(H,28,33)(H,29,34). The maximum atomic E-state index is 12.5. The van der Waals surface area contributed by atoms with Crippen LogP contribution in [0.25, 0.3) is 11.4 Å². The zero-order valence-corrected chi connectivity index (χ0v) is 20.6. The van der Waals surface area contributed by atoms with Gasteiger partial charge in [-0.05, 0) is 68.7 Å². The van der Waals surface area contributed by atoms with E-state index in [1.54, 1.807) is 12.1 Å². The van der Waals surface area contributed by atoms with Crippen LogP contribution in [0.4, 0.5) is 11.4 Å². The Hall–Kier alpha value is -3.39. The van der Waals surface area contributed by atoms with Gasteiger partial charge in [0.15, 0.2) is 0 Å². The fourth-order valence-corrected chi connectivity index (χ4v) is 4.24. The van der Waals surface area contributed by atoms with Crippen LogP contribution >= 0.6 is 11.6 Å². The molecule has 2 heterocycles. The fraction of sp³-hybridized carbons (Fsp3) is 0.385. The molecule has 1 unspecified atom stereocenters. The Kier molecular flexibility index (Phi) is 8.36. The molecule has 184 valence electrons. The van der Waals surface area contributed by atoms with Crippen LogP contribution in [0.5, 0.6) is 0 Å². The Morgan fingerprint density at radius 1 is 1.11 bits per heavy atom. The number of amides is 2. The Bertz CT molecular complexity index is 1140. The molecule has 8 nitrogen and oxygen atoms in total. The van der Waals surface area contributed by atoms with Crippen molar-refractivity contribution < 1.29 is 14.1 Å². The van der Waals surface area contributed by atoms with Gasteiger partial charge in [-0.25, -0.2) is 0 Å². The number of hydrogen-bond donors (Lipinski definition) is 2. The number of carbonyl (C=O) groups excluding carboxylic acids is 2. The Morgan fingerprint density at radius 2 is 1.89 bits per heavy atom. The molecule has 0 spiro atoms. The molecule has 9 heteroatoms. The molecule has 1 aliphatic heterocycles. The van der Waals surface area contributed by atoms with E-state index in [-0.39, 0.29) is 24.3 Å². The Labute approximate surface area is 210 Å². The van der Waals surface area contributed by atoms with E-state index in [4.69, 9.17) is 16.1 Å². The maximum Gasteiger partial charge on any atom is 0.226 e. The van der Waals surface area contributed by atoms with Crippen molar-refractivity contribution in [3.63, 3.8) is 0 Å². The molecule has 4 rings (SSSR count). The minimum Gasteiger partial charge on any atom is -0.371 e. The molecule has 3 aromatic rings. The summed E-state index contributed by atoms with van der Waals surface area (Å²) in [7, 11) is 0. The number of anilines is 2. The second-order valence-corrected chi connectivity index (χ2v) is 9.27. The number of rotatable bonds is 10. The van der Waals surface area contributed by atoms with Gasteiger partial charge in [0, 0.05) is 60.4 Å². The highest BCUT2D eigenvalue weighted by Crippen LogP contribution is 2.23. The first kappa shape index (κ1) is 24.7. The number of nitrogens with zero attached hydrogens (tertiary/aromatic N) is 3. The minimum absolute atomic E-state index is 0.112. The SMILES string of the molecule is CC(CC(=O)Nc1cccc(N2CCCC2)c1)NC(=O)CCCc1nc(-c2ccc(Cl)cc2)no1. The molecule has 1 atom stereocenters. The third-order valence-corrected chi connectivity index (χ3v) is 6.12. The van der Waals surface area contributed by atoms with Gasteiger partial charge in [-0.15, -0.1) is 0 Å². The van der Waals surface area contributed by atoms with E-state index >= 15 is 0 Å². The van der Waals surface area contributed by atoms with Crippen LogP contribution in [0.2, 0.25) is 5.02 Å². The molecule has 1 aliphatic rings. The number of halogens is 1. The second kappa shape index (κ2) is 11.8. The average Bonchev–Trinajstić information content (AvgIpc) is 3.52. The van der Waals surface area contributed by atoms with Crippen molar-refractivity contribution in [1.29, 1.82) is 0 Å². The van der Waals surface area contributed by atoms with Crippen molar-refractivity contribution in [3.8, 4) is 11.4 Å². The third-order valence-electron chi connectivity index (χ3n) is 5.87. The highest BCUT2D eigenvalue weighted by atomic mass is 35.5. The minimum atomic E-state index is -0.274. The molecular weight excluding hydrogens is 466 g/mol. The van der Waals surface area contributed by atoms with Gasteiger partial charge in [0.1, 0.15) is 0 Å². The van der Waals surface area contributed by atoms with Crippen molar-refractivity contribution in [1.82, 2.24) is 15.5 Å².